The van der Waals surface area contributed by atoms with Gasteiger partial charge in [-0.25, -0.2) is 9.18 Å². The molecule has 0 saturated carbocycles. The molecule has 1 fully saturated rings. The number of benzene rings is 1. The molecule has 21 heavy (non-hydrogen) atoms. The van der Waals surface area contributed by atoms with Gasteiger partial charge < -0.3 is 21.3 Å². The van der Waals surface area contributed by atoms with Crippen LogP contribution in [0.3, 0.4) is 0 Å². The van der Waals surface area contributed by atoms with Crippen molar-refractivity contribution in [2.45, 2.75) is 25.8 Å². The number of nitrogens with zero attached hydrogens (tertiary/aromatic N) is 1. The Morgan fingerprint density at radius 3 is 2.57 bits per heavy atom. The van der Waals surface area contributed by atoms with Gasteiger partial charge >= 0.3 is 6.03 Å². The Hall–Kier alpha value is -2.31. The SMILES string of the molecule is CC(=O)Nc1cc(NC2CCN(C(N)=O)CC2)ccc1F. The lowest BCUT2D eigenvalue weighted by atomic mass is 10.0. The molecule has 1 aromatic rings. The van der Waals surface area contributed by atoms with Gasteiger partial charge in [-0.15, -0.1) is 0 Å². The van der Waals surface area contributed by atoms with E-state index in [2.05, 4.69) is 10.6 Å². The highest BCUT2D eigenvalue weighted by molar-refractivity contribution is 5.89. The first-order valence-electron chi connectivity index (χ1n) is 6.84. The second-order valence-corrected chi connectivity index (χ2v) is 5.12. The number of carbonyl (C=O) groups excluding carboxylic acids is 2. The van der Waals surface area contributed by atoms with Gasteiger partial charge in [0.25, 0.3) is 0 Å². The Bertz CT molecular complexity index is 542. The van der Waals surface area contributed by atoms with Crippen LogP contribution in [0.1, 0.15) is 19.8 Å². The number of nitrogens with one attached hydrogen (secondary N) is 2. The summed E-state index contributed by atoms with van der Waals surface area (Å²) in [5.74, 6) is -0.792. The minimum atomic E-state index is -0.473. The fraction of sp³-hybridized carbons (Fsp3) is 0.429. The summed E-state index contributed by atoms with van der Waals surface area (Å²) in [4.78, 5) is 23.7. The molecule has 0 spiro atoms. The maximum absolute atomic E-state index is 13.5. The third-order valence-electron chi connectivity index (χ3n) is 3.45. The van der Waals surface area contributed by atoms with Gasteiger partial charge in [-0.3, -0.25) is 4.79 Å². The van der Waals surface area contributed by atoms with Crippen LogP contribution in [0, 0.1) is 5.82 Å². The lowest BCUT2D eigenvalue weighted by molar-refractivity contribution is -0.114. The lowest BCUT2D eigenvalue weighted by Gasteiger charge is -2.31. The number of rotatable bonds is 3. The van der Waals surface area contributed by atoms with E-state index in [4.69, 9.17) is 5.73 Å². The standard InChI is InChI=1S/C14H19FN4O2/c1-9(20)17-13-8-11(2-3-12(13)15)18-10-4-6-19(7-5-10)14(16)21/h2-3,8,10,18H,4-7H2,1H3,(H2,16,21)(H,17,20). The number of piperidine rings is 1. The minimum absolute atomic E-state index is 0.155. The summed E-state index contributed by atoms with van der Waals surface area (Å²) < 4.78 is 13.5. The van der Waals surface area contributed by atoms with Gasteiger partial charge in [0.15, 0.2) is 0 Å². The minimum Gasteiger partial charge on any atom is -0.382 e. The molecule has 0 aromatic heterocycles. The molecule has 114 valence electrons. The van der Waals surface area contributed by atoms with Gasteiger partial charge in [-0.2, -0.15) is 0 Å². The summed E-state index contributed by atoms with van der Waals surface area (Å²) in [7, 11) is 0. The van der Waals surface area contributed by atoms with Gasteiger partial charge in [0.05, 0.1) is 5.69 Å². The van der Waals surface area contributed by atoms with E-state index in [0.717, 1.165) is 18.5 Å². The van der Waals surface area contributed by atoms with Crippen LogP contribution in [0.4, 0.5) is 20.6 Å². The number of likely N-dealkylation sites (tertiary alicyclic amines) is 1. The highest BCUT2D eigenvalue weighted by Gasteiger charge is 2.21. The molecule has 6 nitrogen and oxygen atoms in total. The van der Waals surface area contributed by atoms with Crippen molar-refractivity contribution in [2.75, 3.05) is 23.7 Å². The molecule has 7 heteroatoms. The average molecular weight is 294 g/mol. The van der Waals surface area contributed by atoms with Crippen molar-refractivity contribution in [1.29, 1.82) is 0 Å². The number of anilines is 2. The Kier molecular flexibility index (Phi) is 4.62. The first kappa shape index (κ1) is 15.1. The van der Waals surface area contributed by atoms with Crippen molar-refractivity contribution in [1.82, 2.24) is 4.90 Å². The van der Waals surface area contributed by atoms with Crippen LogP contribution in [-0.4, -0.2) is 36.0 Å². The van der Waals surface area contributed by atoms with Gasteiger partial charge in [0, 0.05) is 31.7 Å². The second-order valence-electron chi connectivity index (χ2n) is 5.12. The van der Waals surface area contributed by atoms with Gasteiger partial charge in [0.2, 0.25) is 5.91 Å². The zero-order valence-electron chi connectivity index (χ0n) is 11.9. The quantitative estimate of drug-likeness (QED) is 0.793. The maximum Gasteiger partial charge on any atom is 0.314 e. The summed E-state index contributed by atoms with van der Waals surface area (Å²) in [5, 5.41) is 5.73. The zero-order chi connectivity index (χ0) is 15.4. The molecule has 3 amide bonds. The molecule has 0 atom stereocenters. The number of halogens is 1. The Morgan fingerprint density at radius 1 is 1.33 bits per heavy atom. The lowest BCUT2D eigenvalue weighted by Crippen LogP contribution is -2.44. The van der Waals surface area contributed by atoms with Gasteiger partial charge in [-0.1, -0.05) is 0 Å². The Labute approximate surface area is 122 Å². The molecule has 0 bridgehead atoms. The summed E-state index contributed by atoms with van der Waals surface area (Å²) in [5.41, 5.74) is 6.12. The van der Waals surface area contributed by atoms with Gasteiger partial charge in [0.1, 0.15) is 5.82 Å². The molecule has 0 radical (unpaired) electrons. The van der Waals surface area contributed by atoms with Crippen LogP contribution in [0.25, 0.3) is 0 Å². The van der Waals surface area contributed by atoms with E-state index >= 15 is 0 Å². The second kappa shape index (κ2) is 6.43. The normalized spacial score (nSPS) is 15.6. The predicted molar refractivity (Wildman–Crippen MR) is 78.5 cm³/mol. The van der Waals surface area contributed by atoms with Crippen molar-refractivity contribution in [2.24, 2.45) is 5.73 Å². The van der Waals surface area contributed by atoms with Gasteiger partial charge in [-0.05, 0) is 31.0 Å². The van der Waals surface area contributed by atoms with E-state index in [1.165, 1.54) is 13.0 Å². The van der Waals surface area contributed by atoms with Crippen molar-refractivity contribution >= 4 is 23.3 Å². The Morgan fingerprint density at radius 2 is 2.00 bits per heavy atom. The maximum atomic E-state index is 13.5. The molecule has 1 aliphatic rings. The number of carbonyl (C=O) groups is 2. The third-order valence-corrected chi connectivity index (χ3v) is 3.45. The molecular formula is C14H19FN4O2. The van der Waals surface area contributed by atoms with Crippen LogP contribution in [0.2, 0.25) is 0 Å². The summed E-state index contributed by atoms with van der Waals surface area (Å²) >= 11 is 0. The molecule has 4 N–H and O–H groups in total. The number of nitrogens with two attached hydrogens (primary N) is 1. The number of hydrogen-bond donors (Lipinski definition) is 3. The Balaban J connectivity index is 1.97. The molecule has 1 heterocycles. The molecule has 1 saturated heterocycles. The molecule has 1 aliphatic heterocycles. The number of urea groups is 1. The van der Waals surface area contributed by atoms with Crippen LogP contribution in [0.15, 0.2) is 18.2 Å². The van der Waals surface area contributed by atoms with Crippen molar-refractivity contribution < 1.29 is 14.0 Å². The van der Waals surface area contributed by atoms with Crippen molar-refractivity contribution in [3.8, 4) is 0 Å². The molecule has 1 aromatic carbocycles. The van der Waals surface area contributed by atoms with Crippen molar-refractivity contribution in [3.63, 3.8) is 0 Å². The van der Waals surface area contributed by atoms with Crippen molar-refractivity contribution in [3.05, 3.63) is 24.0 Å². The van der Waals surface area contributed by atoms with Crippen LogP contribution in [-0.2, 0) is 4.79 Å². The van der Waals surface area contributed by atoms with E-state index in [1.54, 1.807) is 17.0 Å². The molecule has 0 aliphatic carbocycles. The highest BCUT2D eigenvalue weighted by atomic mass is 19.1. The fourth-order valence-electron chi connectivity index (χ4n) is 2.38. The number of amides is 3. The largest absolute Gasteiger partial charge is 0.382 e. The smallest absolute Gasteiger partial charge is 0.314 e. The zero-order valence-corrected chi connectivity index (χ0v) is 11.9. The molecular weight excluding hydrogens is 275 g/mol. The van der Waals surface area contributed by atoms with E-state index in [9.17, 15) is 14.0 Å². The predicted octanol–water partition coefficient (Wildman–Crippen LogP) is 1.74. The van der Waals surface area contributed by atoms with E-state index in [0.29, 0.717) is 13.1 Å². The molecule has 2 rings (SSSR count). The van der Waals surface area contributed by atoms with Crippen LogP contribution < -0.4 is 16.4 Å². The average Bonchev–Trinajstić information content (AvgIpc) is 2.42. The summed E-state index contributed by atoms with van der Waals surface area (Å²) in [6.45, 7) is 2.54. The summed E-state index contributed by atoms with van der Waals surface area (Å²) in [6, 6.07) is 4.30. The molecule has 0 unspecified atom stereocenters. The highest BCUT2D eigenvalue weighted by Crippen LogP contribution is 2.22. The van der Waals surface area contributed by atoms with Crippen LogP contribution in [0.5, 0.6) is 0 Å². The number of primary amides is 1. The number of hydrogen-bond acceptors (Lipinski definition) is 3. The first-order valence-corrected chi connectivity index (χ1v) is 6.84. The monoisotopic (exact) mass is 294 g/mol. The topological polar surface area (TPSA) is 87.5 Å². The van der Waals surface area contributed by atoms with E-state index in [1.807, 2.05) is 0 Å². The summed E-state index contributed by atoms with van der Waals surface area (Å²) in [6.07, 6.45) is 1.55. The van der Waals surface area contributed by atoms with E-state index in [-0.39, 0.29) is 17.6 Å². The van der Waals surface area contributed by atoms with Crippen LogP contribution >= 0.6 is 0 Å². The first-order chi connectivity index (χ1) is 9.95. The third kappa shape index (κ3) is 4.08. The van der Waals surface area contributed by atoms with E-state index < -0.39 is 11.8 Å². The fourth-order valence-corrected chi connectivity index (χ4v) is 2.38.